The van der Waals surface area contributed by atoms with Crippen molar-refractivity contribution in [1.82, 2.24) is 30.7 Å². The monoisotopic (exact) mass is 1020 g/mol. The highest BCUT2D eigenvalue weighted by atomic mass is 16.5. The average molecular weight is 1020 g/mol. The largest absolute Gasteiger partial charge is 0.383 e. The van der Waals surface area contributed by atoms with Crippen molar-refractivity contribution in [2.75, 3.05) is 46.2 Å². The van der Waals surface area contributed by atoms with Crippen molar-refractivity contribution in [3.63, 3.8) is 0 Å². The molecule has 4 aliphatic rings. The number of fused-ring (bicyclic) bond motifs is 2. The van der Waals surface area contributed by atoms with Crippen LogP contribution in [0.2, 0.25) is 0 Å². The Morgan fingerprint density at radius 1 is 0.851 bits per heavy atom. The van der Waals surface area contributed by atoms with Crippen molar-refractivity contribution in [3.8, 4) is 0 Å². The van der Waals surface area contributed by atoms with Gasteiger partial charge in [0.2, 0.25) is 23.6 Å². The first-order valence-electron chi connectivity index (χ1n) is 27.4. The molecule has 2 saturated heterocycles. The number of anilines is 1. The molecule has 16 nitrogen and oxygen atoms in total. The zero-order chi connectivity index (χ0) is 53.5. The van der Waals surface area contributed by atoms with Crippen molar-refractivity contribution in [2.45, 2.75) is 167 Å². The van der Waals surface area contributed by atoms with E-state index in [1.165, 1.54) is 17.1 Å². The smallest absolute Gasteiger partial charge is 0.253 e. The van der Waals surface area contributed by atoms with Gasteiger partial charge in [0.15, 0.2) is 5.78 Å². The predicted molar refractivity (Wildman–Crippen MR) is 285 cm³/mol. The molecule has 2 bridgehead atoms. The van der Waals surface area contributed by atoms with Gasteiger partial charge in [-0.05, 0) is 92.4 Å². The molecule has 74 heavy (non-hydrogen) atoms. The van der Waals surface area contributed by atoms with E-state index >= 15 is 0 Å². The first-order valence-corrected chi connectivity index (χ1v) is 27.4. The number of benzene rings is 2. The molecule has 6 rings (SSSR count). The number of likely N-dealkylation sites (tertiary alicyclic amines) is 1. The number of rotatable bonds is 30. The van der Waals surface area contributed by atoms with Crippen LogP contribution in [-0.2, 0) is 56.0 Å². The molecule has 4 N–H and O–H groups in total. The van der Waals surface area contributed by atoms with Crippen molar-refractivity contribution in [3.05, 3.63) is 77.9 Å². The number of carbonyl (C=O) groups excluding carboxylic acids is 7. The number of hydrogen-bond acceptors (Lipinski definition) is 11. The summed E-state index contributed by atoms with van der Waals surface area (Å²) in [5.41, 5.74) is 2.87. The molecular formula is C58H85N7O9. The number of amides is 6. The van der Waals surface area contributed by atoms with Gasteiger partial charge in [-0.15, -0.1) is 0 Å². The first-order chi connectivity index (χ1) is 35.5. The Morgan fingerprint density at radius 3 is 2.19 bits per heavy atom. The number of methoxy groups -OCH3 is 2. The van der Waals surface area contributed by atoms with Crippen molar-refractivity contribution >= 4 is 46.9 Å². The third kappa shape index (κ3) is 15.3. The maximum Gasteiger partial charge on any atom is 0.253 e. The second kappa shape index (κ2) is 27.9. The number of ether oxygens (including phenoxy) is 2. The standard InChI is InChI=1S/C58H85N7O9/c1-9-38(4)55(63(6)58(72)46(37(2)3)33-48(66)54-42-23-26-44(32-42)61-54)49(73-7)34-53(70)64-30-16-19-47(64)56(74-8)39(5)57(71)62-45(31-40-17-12-10-13-18-40)36-59-43-24-21-41(22-25-43)35-60-50(67)20-14-11-15-29-65-51(68)27-28-52(65)69/h10,12-13,17-18,21-22,24-25,27-28,37-39,42,44-47,49,54-56,59,61H,9,11,14-16,19-20,23,26,29-36H2,1-8H3,(H,60,67)(H,62,71)/t38-,39+,42-,44+,45-,46-,47-,49+,54-,55-,56+/m0/s1. The van der Waals surface area contributed by atoms with Crippen LogP contribution < -0.4 is 21.3 Å². The molecule has 406 valence electrons. The minimum atomic E-state index is -0.603. The zero-order valence-corrected chi connectivity index (χ0v) is 45.3. The molecule has 6 amide bonds. The van der Waals surface area contributed by atoms with E-state index in [-0.39, 0.29) is 84.0 Å². The van der Waals surface area contributed by atoms with Gasteiger partial charge in [0.1, 0.15) is 0 Å². The van der Waals surface area contributed by atoms with Gasteiger partial charge >= 0.3 is 0 Å². The summed E-state index contributed by atoms with van der Waals surface area (Å²) in [6.45, 7) is 11.7. The van der Waals surface area contributed by atoms with Crippen LogP contribution >= 0.6 is 0 Å². The SMILES string of the molecule is CC[C@H](C)[C@@H]([C@@H](CC(=O)N1CCC[C@H]1[C@H](OC)[C@@H](C)C(=O)N[C@H](CNc1ccc(CNC(=O)CCCCCN2C(=O)C=CC2=O)cc1)Cc1ccccc1)OC)N(C)C(=O)[C@@H](CC(=O)[C@H]1N[C@@H]2CC[C@H]1C2)C(C)C. The lowest BCUT2D eigenvalue weighted by Gasteiger charge is -2.41. The van der Waals surface area contributed by atoms with Gasteiger partial charge in [-0.1, -0.05) is 89.9 Å². The van der Waals surface area contributed by atoms with Crippen molar-refractivity contribution < 1.29 is 43.0 Å². The minimum absolute atomic E-state index is 0.00160. The third-order valence-electron chi connectivity index (χ3n) is 16.4. The number of imide groups is 1. The minimum Gasteiger partial charge on any atom is -0.383 e. The Labute approximate surface area is 439 Å². The van der Waals surface area contributed by atoms with Gasteiger partial charge in [0.25, 0.3) is 11.8 Å². The molecule has 0 aromatic heterocycles. The summed E-state index contributed by atoms with van der Waals surface area (Å²) in [5, 5.41) is 13.3. The molecule has 11 atom stereocenters. The molecule has 0 radical (unpaired) electrons. The van der Waals surface area contributed by atoms with E-state index in [2.05, 4.69) is 35.1 Å². The molecule has 1 saturated carbocycles. The second-order valence-electron chi connectivity index (χ2n) is 21.7. The lowest BCUT2D eigenvalue weighted by molar-refractivity contribution is -0.149. The molecule has 16 heteroatoms. The number of piperidine rings is 1. The maximum atomic E-state index is 14.5. The van der Waals surface area contributed by atoms with Crippen LogP contribution in [0.5, 0.6) is 0 Å². The number of unbranched alkanes of at least 4 members (excludes halogenated alkanes) is 2. The summed E-state index contributed by atoms with van der Waals surface area (Å²) in [6, 6.07) is 17.0. The Kier molecular flexibility index (Phi) is 21.8. The number of likely N-dealkylation sites (N-methyl/N-ethyl adjacent to an activating group) is 1. The number of hydrogen-bond donors (Lipinski definition) is 4. The maximum absolute atomic E-state index is 14.5. The van der Waals surface area contributed by atoms with Crippen molar-refractivity contribution in [1.29, 1.82) is 0 Å². The fourth-order valence-electron chi connectivity index (χ4n) is 11.8. The second-order valence-corrected chi connectivity index (χ2v) is 21.7. The van der Waals surface area contributed by atoms with Crippen LogP contribution in [0.1, 0.15) is 123 Å². The molecule has 3 fully saturated rings. The fraction of sp³-hybridized carbons (Fsp3) is 0.638. The molecule has 2 aromatic carbocycles. The number of Topliss-reactive ketones (excluding diaryl/α,β-unsaturated/α-hetero) is 1. The highest BCUT2D eigenvalue weighted by Gasteiger charge is 2.46. The summed E-state index contributed by atoms with van der Waals surface area (Å²) in [5.74, 6) is -1.70. The number of nitrogens with one attached hydrogen (secondary N) is 4. The van der Waals surface area contributed by atoms with Crippen LogP contribution in [0.25, 0.3) is 0 Å². The highest BCUT2D eigenvalue weighted by Crippen LogP contribution is 2.37. The van der Waals surface area contributed by atoms with Gasteiger partial charge < -0.3 is 40.5 Å². The molecule has 2 aromatic rings. The van der Waals surface area contributed by atoms with E-state index in [0.717, 1.165) is 55.3 Å². The lowest BCUT2D eigenvalue weighted by atomic mass is 9.83. The lowest BCUT2D eigenvalue weighted by Crippen LogP contribution is -2.55. The van der Waals surface area contributed by atoms with Crippen LogP contribution in [-0.4, -0.2) is 139 Å². The van der Waals surface area contributed by atoms with Gasteiger partial charge in [0, 0.05) is 90.1 Å². The normalized spacial score (nSPS) is 22.1. The first kappa shape index (κ1) is 57.8. The average Bonchev–Trinajstić information content (AvgIpc) is 4.23. The molecule has 3 aliphatic heterocycles. The predicted octanol–water partition coefficient (Wildman–Crippen LogP) is 6.22. The van der Waals surface area contributed by atoms with Gasteiger partial charge in [-0.25, -0.2) is 0 Å². The number of carbonyl (C=O) groups is 7. The van der Waals surface area contributed by atoms with E-state index in [4.69, 9.17) is 9.47 Å². The third-order valence-corrected chi connectivity index (χ3v) is 16.4. The summed E-state index contributed by atoms with van der Waals surface area (Å²) < 4.78 is 12.3. The molecule has 0 unspecified atom stereocenters. The van der Waals surface area contributed by atoms with Gasteiger partial charge in [0.05, 0.1) is 48.7 Å². The quantitative estimate of drug-likeness (QED) is 0.0513. The number of ketones is 1. The molecule has 3 heterocycles. The fourth-order valence-corrected chi connectivity index (χ4v) is 11.8. The zero-order valence-electron chi connectivity index (χ0n) is 45.3. The Balaban J connectivity index is 1.02. The van der Waals surface area contributed by atoms with Gasteiger partial charge in [-0.2, -0.15) is 0 Å². The van der Waals surface area contributed by atoms with Crippen LogP contribution in [0.4, 0.5) is 5.69 Å². The molecular weight excluding hydrogens is 939 g/mol. The topological polar surface area (TPSA) is 196 Å². The molecule has 1 aliphatic carbocycles. The van der Waals surface area contributed by atoms with E-state index in [9.17, 15) is 33.6 Å². The van der Waals surface area contributed by atoms with E-state index in [1.807, 2.05) is 80.3 Å². The summed E-state index contributed by atoms with van der Waals surface area (Å²) in [4.78, 5) is 97.8. The summed E-state index contributed by atoms with van der Waals surface area (Å²) >= 11 is 0. The number of nitrogens with zero attached hydrogens (tertiary/aromatic N) is 3. The van der Waals surface area contributed by atoms with E-state index < -0.39 is 30.1 Å². The van der Waals surface area contributed by atoms with Crippen LogP contribution in [0.15, 0.2) is 66.7 Å². The Morgan fingerprint density at radius 2 is 1.57 bits per heavy atom. The van der Waals surface area contributed by atoms with Crippen molar-refractivity contribution in [2.24, 2.45) is 29.6 Å². The summed E-state index contributed by atoms with van der Waals surface area (Å²) in [6.07, 6.45) is 9.97. The Bertz CT molecular complexity index is 2220. The Hall–Kier alpha value is -5.45. The van der Waals surface area contributed by atoms with E-state index in [1.54, 1.807) is 26.2 Å². The molecule has 0 spiro atoms. The van der Waals surface area contributed by atoms with E-state index in [0.29, 0.717) is 70.2 Å². The highest BCUT2D eigenvalue weighted by molar-refractivity contribution is 6.12. The van der Waals surface area contributed by atoms with Crippen LogP contribution in [0, 0.1) is 29.6 Å². The van der Waals surface area contributed by atoms with Gasteiger partial charge in [-0.3, -0.25) is 38.5 Å². The van der Waals surface area contributed by atoms with Crippen LogP contribution in [0.3, 0.4) is 0 Å². The summed E-state index contributed by atoms with van der Waals surface area (Å²) in [7, 11) is 4.99.